The van der Waals surface area contributed by atoms with Crippen LogP contribution in [0.25, 0.3) is 0 Å². The van der Waals surface area contributed by atoms with E-state index in [1.165, 1.54) is 6.07 Å². The normalized spacial score (nSPS) is 26.6. The fourth-order valence-electron chi connectivity index (χ4n) is 2.17. The standard InChI is InChI=1S/C13H17F2NO/c1-13(2)10(6-11(13)17)16-7-8-4-3-5-9(14)12(8)15/h3-5,10-11,16-17H,6-7H2,1-2H3. The van der Waals surface area contributed by atoms with Crippen molar-refractivity contribution in [2.24, 2.45) is 5.41 Å². The molecular formula is C13H17F2NO. The molecule has 0 bridgehead atoms. The van der Waals surface area contributed by atoms with Gasteiger partial charge in [0, 0.05) is 23.6 Å². The Morgan fingerprint density at radius 3 is 2.71 bits per heavy atom. The van der Waals surface area contributed by atoms with Crippen LogP contribution in [0.4, 0.5) is 8.78 Å². The quantitative estimate of drug-likeness (QED) is 0.850. The lowest BCUT2D eigenvalue weighted by atomic mass is 9.64. The first-order valence-electron chi connectivity index (χ1n) is 5.77. The van der Waals surface area contributed by atoms with E-state index in [0.717, 1.165) is 6.07 Å². The maximum Gasteiger partial charge on any atom is 0.163 e. The number of aliphatic hydroxyl groups excluding tert-OH is 1. The monoisotopic (exact) mass is 241 g/mol. The molecule has 1 aliphatic rings. The lowest BCUT2D eigenvalue weighted by molar-refractivity contribution is -0.0730. The van der Waals surface area contributed by atoms with Gasteiger partial charge in [0.1, 0.15) is 0 Å². The van der Waals surface area contributed by atoms with E-state index >= 15 is 0 Å². The van der Waals surface area contributed by atoms with E-state index in [9.17, 15) is 13.9 Å². The van der Waals surface area contributed by atoms with Gasteiger partial charge in [-0.1, -0.05) is 26.0 Å². The van der Waals surface area contributed by atoms with Gasteiger partial charge in [0.05, 0.1) is 6.10 Å². The van der Waals surface area contributed by atoms with Crippen molar-refractivity contribution in [1.82, 2.24) is 5.32 Å². The predicted octanol–water partition coefficient (Wildman–Crippen LogP) is 2.21. The minimum Gasteiger partial charge on any atom is -0.392 e. The van der Waals surface area contributed by atoms with Gasteiger partial charge >= 0.3 is 0 Å². The molecule has 0 radical (unpaired) electrons. The minimum atomic E-state index is -0.822. The molecule has 0 aromatic heterocycles. The van der Waals surface area contributed by atoms with Crippen LogP contribution in [-0.4, -0.2) is 17.3 Å². The molecule has 4 heteroatoms. The Balaban J connectivity index is 1.97. The Kier molecular flexibility index (Phi) is 3.19. The van der Waals surface area contributed by atoms with Crippen molar-refractivity contribution in [3.05, 3.63) is 35.4 Å². The summed E-state index contributed by atoms with van der Waals surface area (Å²) in [6.07, 6.45) is 0.335. The first-order valence-corrected chi connectivity index (χ1v) is 5.77. The van der Waals surface area contributed by atoms with Gasteiger partial charge in [0.2, 0.25) is 0 Å². The van der Waals surface area contributed by atoms with E-state index in [2.05, 4.69) is 5.32 Å². The van der Waals surface area contributed by atoms with Crippen LogP contribution in [0.2, 0.25) is 0 Å². The molecule has 2 rings (SSSR count). The first kappa shape index (κ1) is 12.5. The highest BCUT2D eigenvalue weighted by molar-refractivity contribution is 5.19. The van der Waals surface area contributed by atoms with Crippen molar-refractivity contribution in [3.8, 4) is 0 Å². The molecule has 2 N–H and O–H groups in total. The van der Waals surface area contributed by atoms with Crippen LogP contribution >= 0.6 is 0 Å². The Morgan fingerprint density at radius 2 is 2.12 bits per heavy atom. The molecule has 1 fully saturated rings. The van der Waals surface area contributed by atoms with Gasteiger partial charge in [-0.25, -0.2) is 8.78 Å². The number of hydrogen-bond acceptors (Lipinski definition) is 2. The van der Waals surface area contributed by atoms with Gasteiger partial charge in [0.25, 0.3) is 0 Å². The number of hydrogen-bond donors (Lipinski definition) is 2. The molecule has 0 heterocycles. The maximum atomic E-state index is 13.4. The Morgan fingerprint density at radius 1 is 1.41 bits per heavy atom. The summed E-state index contributed by atoms with van der Waals surface area (Å²) in [4.78, 5) is 0. The number of rotatable bonds is 3. The van der Waals surface area contributed by atoms with Crippen LogP contribution in [0.1, 0.15) is 25.8 Å². The highest BCUT2D eigenvalue weighted by Gasteiger charge is 2.46. The van der Waals surface area contributed by atoms with Crippen molar-refractivity contribution < 1.29 is 13.9 Å². The lowest BCUT2D eigenvalue weighted by Gasteiger charge is -2.49. The maximum absolute atomic E-state index is 13.4. The van der Waals surface area contributed by atoms with E-state index in [1.807, 2.05) is 13.8 Å². The molecule has 94 valence electrons. The van der Waals surface area contributed by atoms with Gasteiger partial charge in [0.15, 0.2) is 11.6 Å². The van der Waals surface area contributed by atoms with Crippen LogP contribution in [0.5, 0.6) is 0 Å². The molecular weight excluding hydrogens is 224 g/mol. The number of benzene rings is 1. The molecule has 2 nitrogen and oxygen atoms in total. The third-order valence-electron chi connectivity index (χ3n) is 3.79. The van der Waals surface area contributed by atoms with Crippen LogP contribution in [-0.2, 0) is 6.54 Å². The van der Waals surface area contributed by atoms with Crippen molar-refractivity contribution in [1.29, 1.82) is 0 Å². The van der Waals surface area contributed by atoms with Crippen LogP contribution in [0.3, 0.4) is 0 Å². The van der Waals surface area contributed by atoms with Crippen LogP contribution in [0.15, 0.2) is 18.2 Å². The molecule has 17 heavy (non-hydrogen) atoms. The summed E-state index contributed by atoms with van der Waals surface area (Å²) in [5, 5.41) is 12.7. The van der Waals surface area contributed by atoms with E-state index in [-0.39, 0.29) is 24.1 Å². The van der Waals surface area contributed by atoms with E-state index in [4.69, 9.17) is 0 Å². The zero-order valence-electron chi connectivity index (χ0n) is 10.0. The van der Waals surface area contributed by atoms with Crippen LogP contribution in [0, 0.1) is 17.0 Å². The molecule has 0 aliphatic heterocycles. The van der Waals surface area contributed by atoms with Crippen molar-refractivity contribution in [3.63, 3.8) is 0 Å². The second-order valence-electron chi connectivity index (χ2n) is 5.22. The average molecular weight is 241 g/mol. The third kappa shape index (κ3) is 2.19. The summed E-state index contributed by atoms with van der Waals surface area (Å²) >= 11 is 0. The molecule has 2 unspecified atom stereocenters. The topological polar surface area (TPSA) is 32.3 Å². The fourth-order valence-corrected chi connectivity index (χ4v) is 2.17. The van der Waals surface area contributed by atoms with Gasteiger partial charge < -0.3 is 10.4 Å². The summed E-state index contributed by atoms with van der Waals surface area (Å²) in [6.45, 7) is 4.20. The Bertz CT molecular complexity index is 420. The second-order valence-corrected chi connectivity index (χ2v) is 5.22. The highest BCUT2D eigenvalue weighted by atomic mass is 19.2. The summed E-state index contributed by atoms with van der Waals surface area (Å²) in [7, 11) is 0. The number of nitrogens with one attached hydrogen (secondary N) is 1. The van der Waals surface area contributed by atoms with E-state index < -0.39 is 11.6 Å². The summed E-state index contributed by atoms with van der Waals surface area (Å²) in [5.41, 5.74) is 0.117. The number of halogens is 2. The van der Waals surface area contributed by atoms with Crippen molar-refractivity contribution in [2.75, 3.05) is 0 Å². The Hall–Kier alpha value is -1.00. The molecule has 2 atom stereocenters. The number of aliphatic hydroxyl groups is 1. The summed E-state index contributed by atoms with van der Waals surface area (Å²) in [6, 6.07) is 4.31. The predicted molar refractivity (Wildman–Crippen MR) is 61.4 cm³/mol. The molecule has 0 saturated heterocycles. The van der Waals surface area contributed by atoms with Gasteiger partial charge in [-0.05, 0) is 12.5 Å². The summed E-state index contributed by atoms with van der Waals surface area (Å²) in [5.74, 6) is -1.62. The van der Waals surface area contributed by atoms with Gasteiger partial charge in [-0.2, -0.15) is 0 Å². The first-order chi connectivity index (χ1) is 7.93. The van der Waals surface area contributed by atoms with Crippen molar-refractivity contribution in [2.45, 2.75) is 39.0 Å². The lowest BCUT2D eigenvalue weighted by Crippen LogP contribution is -2.59. The molecule has 0 amide bonds. The van der Waals surface area contributed by atoms with E-state index in [0.29, 0.717) is 12.0 Å². The zero-order valence-corrected chi connectivity index (χ0v) is 10.0. The van der Waals surface area contributed by atoms with E-state index in [1.54, 1.807) is 6.07 Å². The van der Waals surface area contributed by atoms with Gasteiger partial charge in [-0.15, -0.1) is 0 Å². The Labute approximate surface area is 99.7 Å². The molecule has 0 spiro atoms. The molecule has 1 aliphatic carbocycles. The second kappa shape index (κ2) is 4.35. The average Bonchev–Trinajstić information content (AvgIpc) is 2.29. The van der Waals surface area contributed by atoms with Crippen molar-refractivity contribution >= 4 is 0 Å². The minimum absolute atomic E-state index is 0.139. The van der Waals surface area contributed by atoms with Crippen LogP contribution < -0.4 is 5.32 Å². The summed E-state index contributed by atoms with van der Waals surface area (Å²) < 4.78 is 26.3. The largest absolute Gasteiger partial charge is 0.392 e. The zero-order chi connectivity index (χ0) is 12.6. The van der Waals surface area contributed by atoms with Gasteiger partial charge in [-0.3, -0.25) is 0 Å². The molecule has 1 aromatic carbocycles. The third-order valence-corrected chi connectivity index (χ3v) is 3.79. The SMILES string of the molecule is CC1(C)C(O)CC1NCc1cccc(F)c1F. The smallest absolute Gasteiger partial charge is 0.163 e. The molecule has 1 aromatic rings. The molecule has 1 saturated carbocycles. The highest BCUT2D eigenvalue weighted by Crippen LogP contribution is 2.40. The fraction of sp³-hybridized carbons (Fsp3) is 0.538.